The van der Waals surface area contributed by atoms with Gasteiger partial charge in [0.25, 0.3) is 0 Å². The lowest BCUT2D eigenvalue weighted by Gasteiger charge is -2.14. The van der Waals surface area contributed by atoms with Crippen LogP contribution in [0, 0.1) is 5.82 Å². The fourth-order valence-electron chi connectivity index (χ4n) is 2.74. The first-order chi connectivity index (χ1) is 10.7. The average molecular weight is 319 g/mol. The van der Waals surface area contributed by atoms with Crippen LogP contribution in [-0.2, 0) is 4.79 Å². The van der Waals surface area contributed by atoms with E-state index in [1.807, 2.05) is 10.7 Å². The van der Waals surface area contributed by atoms with Gasteiger partial charge in [-0.3, -0.25) is 4.79 Å². The highest BCUT2D eigenvalue weighted by Crippen LogP contribution is 2.31. The van der Waals surface area contributed by atoms with Gasteiger partial charge in [0.1, 0.15) is 11.6 Å². The summed E-state index contributed by atoms with van der Waals surface area (Å²) in [5.74, 6) is 0.465. The maximum Gasteiger partial charge on any atom is 0.235 e. The standard InChI is InChI=1S/C16H18FN3OS/c17-13-7-3-4-8-14(13)22-11-16(21)19-15-9-10-18-20(15)12-5-1-2-6-12/h3-4,7-10,12H,1-2,5-6,11H2,(H,19,21). The topological polar surface area (TPSA) is 46.9 Å². The van der Waals surface area contributed by atoms with E-state index in [9.17, 15) is 9.18 Å². The minimum Gasteiger partial charge on any atom is -0.310 e. The van der Waals surface area contributed by atoms with Gasteiger partial charge < -0.3 is 5.32 Å². The molecule has 0 bridgehead atoms. The number of hydrogen-bond acceptors (Lipinski definition) is 3. The highest BCUT2D eigenvalue weighted by molar-refractivity contribution is 8.00. The third-order valence-electron chi connectivity index (χ3n) is 3.80. The molecule has 0 unspecified atom stereocenters. The van der Waals surface area contributed by atoms with E-state index in [0.717, 1.165) is 18.7 Å². The van der Waals surface area contributed by atoms with E-state index in [4.69, 9.17) is 0 Å². The van der Waals surface area contributed by atoms with Crippen molar-refractivity contribution < 1.29 is 9.18 Å². The van der Waals surface area contributed by atoms with Gasteiger partial charge in [-0.1, -0.05) is 25.0 Å². The highest BCUT2D eigenvalue weighted by atomic mass is 32.2. The van der Waals surface area contributed by atoms with E-state index in [0.29, 0.717) is 10.9 Å². The quantitative estimate of drug-likeness (QED) is 0.851. The summed E-state index contributed by atoms with van der Waals surface area (Å²) in [7, 11) is 0. The Morgan fingerprint density at radius 2 is 2.09 bits per heavy atom. The second kappa shape index (κ2) is 6.96. The Bertz CT molecular complexity index is 652. The Hall–Kier alpha value is -1.82. The summed E-state index contributed by atoms with van der Waals surface area (Å²) < 4.78 is 15.4. The molecular weight excluding hydrogens is 301 g/mol. The molecule has 6 heteroatoms. The number of aromatic nitrogens is 2. The van der Waals surface area contributed by atoms with Crippen LogP contribution in [0.3, 0.4) is 0 Å². The number of halogens is 1. The van der Waals surface area contributed by atoms with Crippen molar-refractivity contribution in [1.29, 1.82) is 0 Å². The summed E-state index contributed by atoms with van der Waals surface area (Å²) in [6.45, 7) is 0. The molecule has 0 aliphatic heterocycles. The SMILES string of the molecule is O=C(CSc1ccccc1F)Nc1ccnn1C1CCCC1. The van der Waals surface area contributed by atoms with Crippen molar-refractivity contribution in [3.63, 3.8) is 0 Å². The first-order valence-corrected chi connectivity index (χ1v) is 8.43. The van der Waals surface area contributed by atoms with E-state index < -0.39 is 0 Å². The van der Waals surface area contributed by atoms with Crippen molar-refractivity contribution in [3.05, 3.63) is 42.3 Å². The third-order valence-corrected chi connectivity index (χ3v) is 4.85. The Balaban J connectivity index is 1.58. The largest absolute Gasteiger partial charge is 0.310 e. The molecule has 116 valence electrons. The maximum absolute atomic E-state index is 13.5. The number of hydrogen-bond donors (Lipinski definition) is 1. The number of carbonyl (C=O) groups excluding carboxylic acids is 1. The van der Waals surface area contributed by atoms with Gasteiger partial charge in [-0.2, -0.15) is 5.10 Å². The van der Waals surface area contributed by atoms with Crippen LogP contribution in [0.2, 0.25) is 0 Å². The van der Waals surface area contributed by atoms with Gasteiger partial charge in [-0.05, 0) is 25.0 Å². The molecule has 1 aliphatic carbocycles. The molecule has 1 saturated carbocycles. The summed E-state index contributed by atoms with van der Waals surface area (Å²) in [6.07, 6.45) is 6.34. The lowest BCUT2D eigenvalue weighted by Crippen LogP contribution is -2.19. The van der Waals surface area contributed by atoms with Crippen LogP contribution < -0.4 is 5.32 Å². The van der Waals surface area contributed by atoms with Crippen molar-refractivity contribution in [2.75, 3.05) is 11.1 Å². The number of benzene rings is 1. The molecule has 22 heavy (non-hydrogen) atoms. The van der Waals surface area contributed by atoms with Gasteiger partial charge in [0, 0.05) is 11.0 Å². The van der Waals surface area contributed by atoms with Crippen LogP contribution in [0.5, 0.6) is 0 Å². The predicted molar refractivity (Wildman–Crippen MR) is 85.5 cm³/mol. The molecule has 1 fully saturated rings. The van der Waals surface area contributed by atoms with Crippen LogP contribution in [0.25, 0.3) is 0 Å². The van der Waals surface area contributed by atoms with Crippen molar-refractivity contribution in [2.24, 2.45) is 0 Å². The average Bonchev–Trinajstić information content (AvgIpc) is 3.17. The molecule has 1 N–H and O–H groups in total. The first kappa shape index (κ1) is 15.1. The number of thioether (sulfide) groups is 1. The molecule has 1 aromatic heterocycles. The Kier molecular flexibility index (Phi) is 4.77. The molecular formula is C16H18FN3OS. The number of nitrogens with zero attached hydrogens (tertiary/aromatic N) is 2. The molecule has 1 aromatic carbocycles. The van der Waals surface area contributed by atoms with Crippen LogP contribution in [-0.4, -0.2) is 21.4 Å². The first-order valence-electron chi connectivity index (χ1n) is 7.45. The fraction of sp³-hybridized carbons (Fsp3) is 0.375. The Morgan fingerprint density at radius 1 is 1.32 bits per heavy atom. The van der Waals surface area contributed by atoms with Gasteiger partial charge in [0.15, 0.2) is 0 Å². The van der Waals surface area contributed by atoms with Crippen LogP contribution in [0.1, 0.15) is 31.7 Å². The van der Waals surface area contributed by atoms with Crippen molar-refractivity contribution >= 4 is 23.5 Å². The molecule has 0 atom stereocenters. The summed E-state index contributed by atoms with van der Waals surface area (Å²) in [6, 6.07) is 8.66. The summed E-state index contributed by atoms with van der Waals surface area (Å²) in [4.78, 5) is 12.6. The lowest BCUT2D eigenvalue weighted by atomic mass is 10.2. The van der Waals surface area contributed by atoms with Crippen molar-refractivity contribution in [1.82, 2.24) is 9.78 Å². The number of rotatable bonds is 5. The third kappa shape index (κ3) is 3.50. The van der Waals surface area contributed by atoms with E-state index >= 15 is 0 Å². The van der Waals surface area contributed by atoms with E-state index in [-0.39, 0.29) is 17.5 Å². The molecule has 1 aliphatic rings. The zero-order valence-electron chi connectivity index (χ0n) is 12.2. The van der Waals surface area contributed by atoms with Crippen molar-refractivity contribution in [3.8, 4) is 0 Å². The van der Waals surface area contributed by atoms with Gasteiger partial charge in [0.05, 0.1) is 18.0 Å². The smallest absolute Gasteiger partial charge is 0.235 e. The summed E-state index contributed by atoms with van der Waals surface area (Å²) in [5, 5.41) is 7.19. The van der Waals surface area contributed by atoms with E-state index in [2.05, 4.69) is 10.4 Å². The van der Waals surface area contributed by atoms with Gasteiger partial charge >= 0.3 is 0 Å². The van der Waals surface area contributed by atoms with E-state index in [1.54, 1.807) is 24.4 Å². The molecule has 1 heterocycles. The molecule has 0 saturated heterocycles. The van der Waals surface area contributed by atoms with Gasteiger partial charge in [-0.15, -0.1) is 11.8 Å². The van der Waals surface area contributed by atoms with Crippen LogP contribution >= 0.6 is 11.8 Å². The Labute approximate surface area is 133 Å². The summed E-state index contributed by atoms with van der Waals surface area (Å²) >= 11 is 1.20. The monoisotopic (exact) mass is 319 g/mol. The molecule has 2 aromatic rings. The van der Waals surface area contributed by atoms with Crippen LogP contribution in [0.4, 0.5) is 10.2 Å². The van der Waals surface area contributed by atoms with E-state index in [1.165, 1.54) is 30.7 Å². The predicted octanol–water partition coefficient (Wildman–Crippen LogP) is 3.87. The molecule has 0 spiro atoms. The van der Waals surface area contributed by atoms with Gasteiger partial charge in [0.2, 0.25) is 5.91 Å². The molecule has 3 rings (SSSR count). The molecule has 4 nitrogen and oxygen atoms in total. The Morgan fingerprint density at radius 3 is 2.86 bits per heavy atom. The number of anilines is 1. The highest BCUT2D eigenvalue weighted by Gasteiger charge is 2.20. The molecule has 1 amide bonds. The van der Waals surface area contributed by atoms with Crippen molar-refractivity contribution in [2.45, 2.75) is 36.6 Å². The maximum atomic E-state index is 13.5. The number of amides is 1. The molecule has 0 radical (unpaired) electrons. The zero-order valence-corrected chi connectivity index (χ0v) is 13.0. The summed E-state index contributed by atoms with van der Waals surface area (Å²) in [5.41, 5.74) is 0. The van der Waals surface area contributed by atoms with Crippen LogP contribution in [0.15, 0.2) is 41.4 Å². The normalized spacial score (nSPS) is 15.1. The second-order valence-corrected chi connectivity index (χ2v) is 6.38. The lowest BCUT2D eigenvalue weighted by molar-refractivity contribution is -0.113. The second-order valence-electron chi connectivity index (χ2n) is 5.37. The number of carbonyl (C=O) groups is 1. The zero-order chi connectivity index (χ0) is 15.4. The minimum atomic E-state index is -0.295. The van der Waals surface area contributed by atoms with Gasteiger partial charge in [-0.25, -0.2) is 9.07 Å². The fourth-order valence-corrected chi connectivity index (χ4v) is 3.48. The number of nitrogens with one attached hydrogen (secondary N) is 1. The minimum absolute atomic E-state index is 0.145.